The molecule has 0 saturated heterocycles. The second kappa shape index (κ2) is 6.72. The van der Waals surface area contributed by atoms with Gasteiger partial charge in [-0.05, 0) is 0 Å². The van der Waals surface area contributed by atoms with Crippen LogP contribution in [0.2, 0.25) is 0 Å². The largest absolute Gasteiger partial charge is 1.00 e. The predicted molar refractivity (Wildman–Crippen MR) is 96.8 cm³/mol. The Labute approximate surface area is 155 Å². The molecule has 3 aromatic carbocycles. The summed E-state index contributed by atoms with van der Waals surface area (Å²) in [4.78, 5) is 0. The minimum absolute atomic E-state index is 0. The van der Waals surface area contributed by atoms with Gasteiger partial charge in [0.1, 0.15) is 0 Å². The normalized spacial score (nSPS) is 11.1. The summed E-state index contributed by atoms with van der Waals surface area (Å²) >= 11 is 0.393. The van der Waals surface area contributed by atoms with Gasteiger partial charge in [-0.15, -0.1) is 0 Å². The van der Waals surface area contributed by atoms with Gasteiger partial charge in [0.05, 0.1) is 0 Å². The van der Waals surface area contributed by atoms with Gasteiger partial charge in [-0.2, -0.15) is 0 Å². The van der Waals surface area contributed by atoms with E-state index in [1.54, 1.807) is 0 Å². The van der Waals surface area contributed by atoms with Crippen molar-refractivity contribution >= 4 is 33.8 Å². The van der Waals surface area contributed by atoms with Crippen LogP contribution >= 0.6 is 0 Å². The van der Waals surface area contributed by atoms with Crippen LogP contribution in [0.1, 0.15) is 25.3 Å². The maximum absolute atomic E-state index is 3.45. The van der Waals surface area contributed by atoms with E-state index >= 15 is 0 Å². The first-order valence-electron chi connectivity index (χ1n) is 7.66. The van der Waals surface area contributed by atoms with Crippen LogP contribution in [0.4, 0.5) is 0 Å². The molecule has 1 heterocycles. The van der Waals surface area contributed by atoms with Crippen LogP contribution in [-0.2, 0) is 0 Å². The van der Waals surface area contributed by atoms with Gasteiger partial charge in [0, 0.05) is 0 Å². The molecule has 0 amide bonds. The zero-order valence-electron chi connectivity index (χ0n) is 13.8. The van der Waals surface area contributed by atoms with E-state index in [4.69, 9.17) is 0 Å². The smallest absolute Gasteiger partial charge is 1.00 e. The molecule has 0 bridgehead atoms. The summed E-state index contributed by atoms with van der Waals surface area (Å²) in [5, 5.41) is 2.83. The summed E-state index contributed by atoms with van der Waals surface area (Å²) in [6.07, 6.45) is 0. The molecule has 0 N–H and O–H groups in total. The quantitative estimate of drug-likeness (QED) is 0.383. The summed E-state index contributed by atoms with van der Waals surface area (Å²) in [6, 6.07) is 25.5. The van der Waals surface area contributed by atoms with E-state index in [1.165, 1.54) is 36.0 Å². The molecule has 0 atom stereocenters. The fourth-order valence-corrected chi connectivity index (χ4v) is 5.54. The Morgan fingerprint density at radius 2 is 1.70 bits per heavy atom. The summed E-state index contributed by atoms with van der Waals surface area (Å²) in [7, 11) is 0. The maximum Gasteiger partial charge on any atom is 1.00 e. The molecular formula is C21H17LiSe. The number of fused-ring (bicyclic) bond motifs is 3. The van der Waals surface area contributed by atoms with E-state index in [0.29, 0.717) is 20.4 Å². The van der Waals surface area contributed by atoms with Crippen molar-refractivity contribution in [1.82, 2.24) is 0 Å². The summed E-state index contributed by atoms with van der Waals surface area (Å²) in [6.45, 7) is 4.49. The summed E-state index contributed by atoms with van der Waals surface area (Å²) < 4.78 is 3.01. The average Bonchev–Trinajstić information content (AvgIpc) is 2.93. The molecule has 0 aliphatic heterocycles. The Kier molecular flexibility index (Phi) is 4.86. The van der Waals surface area contributed by atoms with Crippen molar-refractivity contribution in [3.8, 4) is 11.1 Å². The fourth-order valence-electron chi connectivity index (χ4n) is 2.96. The molecule has 0 aliphatic carbocycles. The third kappa shape index (κ3) is 2.96. The molecule has 2 heteroatoms. The van der Waals surface area contributed by atoms with Crippen molar-refractivity contribution in [3.05, 3.63) is 72.3 Å². The minimum Gasteiger partial charge on any atom is 1.00 e. The molecule has 0 radical (unpaired) electrons. The van der Waals surface area contributed by atoms with E-state index in [1.807, 2.05) is 0 Å². The Morgan fingerprint density at radius 3 is 2.52 bits per heavy atom. The van der Waals surface area contributed by atoms with Gasteiger partial charge >= 0.3 is 156 Å². The topological polar surface area (TPSA) is 0 Å². The molecule has 4 aromatic rings. The molecule has 1 aromatic heterocycles. The molecule has 0 unspecified atom stereocenters. The second-order valence-corrected chi connectivity index (χ2v) is 8.18. The Hall–Kier alpha value is -1.22. The van der Waals surface area contributed by atoms with Gasteiger partial charge < -0.3 is 0 Å². The van der Waals surface area contributed by atoms with Crippen molar-refractivity contribution in [2.75, 3.05) is 0 Å². The first-order chi connectivity index (χ1) is 10.7. The first-order valence-corrected chi connectivity index (χ1v) is 9.37. The number of hydrogen-bond acceptors (Lipinski definition) is 0. The zero-order valence-corrected chi connectivity index (χ0v) is 15.5. The van der Waals surface area contributed by atoms with Crippen molar-refractivity contribution < 1.29 is 18.9 Å². The van der Waals surface area contributed by atoms with Gasteiger partial charge in [0.2, 0.25) is 0 Å². The van der Waals surface area contributed by atoms with Gasteiger partial charge in [-0.25, -0.2) is 0 Å². The minimum atomic E-state index is 0. The monoisotopic (exact) mass is 356 g/mol. The molecule has 4 rings (SSSR count). The number of benzene rings is 3. The first kappa shape index (κ1) is 16.6. The summed E-state index contributed by atoms with van der Waals surface area (Å²) in [5.41, 5.74) is 3.98. The van der Waals surface area contributed by atoms with Crippen molar-refractivity contribution in [1.29, 1.82) is 0 Å². The van der Waals surface area contributed by atoms with Crippen LogP contribution < -0.4 is 18.9 Å². The van der Waals surface area contributed by atoms with Crippen LogP contribution in [0.15, 0.2) is 60.7 Å². The summed E-state index contributed by atoms with van der Waals surface area (Å²) in [5.74, 6) is 0.549. The molecule has 0 fully saturated rings. The molecule has 23 heavy (non-hydrogen) atoms. The van der Waals surface area contributed by atoms with E-state index in [9.17, 15) is 0 Å². The molecule has 0 nitrogen and oxygen atoms in total. The van der Waals surface area contributed by atoms with Gasteiger partial charge in [0.25, 0.3) is 0 Å². The van der Waals surface area contributed by atoms with Crippen molar-refractivity contribution in [2.24, 2.45) is 0 Å². The maximum atomic E-state index is 3.45. The molecule has 0 spiro atoms. The molecule has 108 valence electrons. The third-order valence-corrected chi connectivity index (χ3v) is 6.75. The van der Waals surface area contributed by atoms with Crippen LogP contribution in [0.25, 0.3) is 30.4 Å². The Bertz CT molecular complexity index is 966. The predicted octanol–water partition coefficient (Wildman–Crippen LogP) is 2.64. The van der Waals surface area contributed by atoms with Crippen molar-refractivity contribution in [3.63, 3.8) is 0 Å². The van der Waals surface area contributed by atoms with Crippen LogP contribution in [0.3, 0.4) is 0 Å². The van der Waals surface area contributed by atoms with Crippen LogP contribution in [0.5, 0.6) is 0 Å². The van der Waals surface area contributed by atoms with E-state index in [2.05, 4.69) is 80.6 Å². The number of hydrogen-bond donors (Lipinski definition) is 0. The average molecular weight is 355 g/mol. The van der Waals surface area contributed by atoms with E-state index in [-0.39, 0.29) is 18.9 Å². The number of rotatable bonds is 2. The van der Waals surface area contributed by atoms with Gasteiger partial charge in [-0.1, -0.05) is 0 Å². The van der Waals surface area contributed by atoms with E-state index in [0.717, 1.165) is 0 Å². The molecule has 0 aliphatic rings. The van der Waals surface area contributed by atoms with E-state index < -0.39 is 0 Å². The third-order valence-electron chi connectivity index (χ3n) is 4.19. The van der Waals surface area contributed by atoms with Gasteiger partial charge in [-0.3, -0.25) is 0 Å². The fraction of sp³-hybridized carbons (Fsp3) is 0.143. The Balaban J connectivity index is 0.00000156. The molecule has 0 saturated carbocycles. The van der Waals surface area contributed by atoms with Crippen LogP contribution in [0, 0.1) is 6.07 Å². The molecular weight excluding hydrogens is 338 g/mol. The standard InChI is InChI=1S/C21H17Se.Li/c1-14(2)15-7-5-8-16(13-15)17-10-6-11-19-18-9-3-4-12-20(18)22-21(17)19;/h3-7,9-14H,1-2H3;/q-1;+1. The van der Waals surface area contributed by atoms with Gasteiger partial charge in [0.15, 0.2) is 0 Å². The van der Waals surface area contributed by atoms with Crippen molar-refractivity contribution in [2.45, 2.75) is 19.8 Å². The van der Waals surface area contributed by atoms with Crippen LogP contribution in [-0.4, -0.2) is 14.5 Å². The second-order valence-electron chi connectivity index (χ2n) is 5.97. The SMILES string of the molecule is CC(C)c1cc[c-]c(-c2cccc3c2[se]c2ccccc23)c1.[Li+]. The Morgan fingerprint density at radius 1 is 0.913 bits per heavy atom. The zero-order chi connectivity index (χ0) is 15.1.